The number of benzene rings is 1. The number of phenolic OH excluding ortho intramolecular Hbond substituents is 1. The van der Waals surface area contributed by atoms with Crippen molar-refractivity contribution in [3.8, 4) is 5.75 Å². The third kappa shape index (κ3) is 11.9. The first-order valence-corrected chi connectivity index (χ1v) is 16.3. The quantitative estimate of drug-likeness (QED) is 0.103. The highest BCUT2D eigenvalue weighted by molar-refractivity contribution is 7.92. The van der Waals surface area contributed by atoms with Crippen LogP contribution >= 0.6 is 0 Å². The van der Waals surface area contributed by atoms with Crippen molar-refractivity contribution in [3.05, 3.63) is 18.2 Å². The summed E-state index contributed by atoms with van der Waals surface area (Å²) in [5.74, 6) is -1.18. The molecule has 0 aromatic heterocycles. The van der Waals surface area contributed by atoms with E-state index in [0.29, 0.717) is 6.42 Å². The predicted octanol–water partition coefficient (Wildman–Crippen LogP) is 7.29. The van der Waals surface area contributed by atoms with Crippen molar-refractivity contribution in [3.63, 3.8) is 0 Å². The fourth-order valence-electron chi connectivity index (χ4n) is 5.08. The summed E-state index contributed by atoms with van der Waals surface area (Å²) in [4.78, 5) is 26.5. The number of sulfonamides is 1. The average Bonchev–Trinajstić information content (AvgIpc) is 3.12. The second-order valence-electron chi connectivity index (χ2n) is 10.6. The first kappa shape index (κ1) is 31.1. The number of rotatable bonds is 20. The highest BCUT2D eigenvalue weighted by atomic mass is 32.2. The van der Waals surface area contributed by atoms with Crippen LogP contribution in [0.1, 0.15) is 122 Å². The van der Waals surface area contributed by atoms with E-state index in [0.717, 1.165) is 24.0 Å². The second kappa shape index (κ2) is 16.7. The number of nitrogens with zero attached hydrogens (tertiary/aromatic N) is 1. The molecule has 1 fully saturated rings. The van der Waals surface area contributed by atoms with Crippen molar-refractivity contribution in [2.24, 2.45) is 5.92 Å². The van der Waals surface area contributed by atoms with Crippen molar-refractivity contribution in [1.29, 1.82) is 0 Å². The fraction of sp³-hybridized carbons (Fsp3) is 0.724. The van der Waals surface area contributed by atoms with Gasteiger partial charge in [0, 0.05) is 18.4 Å². The number of unbranched alkanes of at least 4 members (excludes halogenated alkanes) is 15. The van der Waals surface area contributed by atoms with E-state index in [2.05, 4.69) is 11.6 Å². The zero-order valence-corrected chi connectivity index (χ0v) is 23.8. The van der Waals surface area contributed by atoms with Gasteiger partial charge in [-0.1, -0.05) is 110 Å². The molecule has 0 aliphatic carbocycles. The van der Waals surface area contributed by atoms with Crippen LogP contribution in [0.2, 0.25) is 0 Å². The smallest absolute Gasteiger partial charge is 0.237 e. The Morgan fingerprint density at radius 3 is 1.78 bits per heavy atom. The maximum Gasteiger partial charge on any atom is 0.237 e. The lowest BCUT2D eigenvalue weighted by Crippen LogP contribution is -2.30. The van der Waals surface area contributed by atoms with Gasteiger partial charge in [0.05, 0.1) is 17.6 Å². The van der Waals surface area contributed by atoms with Gasteiger partial charge in [-0.15, -0.1) is 0 Å². The first-order chi connectivity index (χ1) is 17.7. The molecule has 0 radical (unpaired) electrons. The van der Waals surface area contributed by atoms with Crippen molar-refractivity contribution in [2.45, 2.75) is 122 Å². The van der Waals surface area contributed by atoms with Crippen molar-refractivity contribution in [2.75, 3.05) is 15.9 Å². The Morgan fingerprint density at radius 1 is 0.838 bits per heavy atom. The molecular weight excluding hydrogens is 488 g/mol. The summed E-state index contributed by atoms with van der Waals surface area (Å²) in [6, 6.07) is 4.08. The molecule has 0 bridgehead atoms. The van der Waals surface area contributed by atoms with Crippen LogP contribution in [-0.4, -0.2) is 31.6 Å². The summed E-state index contributed by atoms with van der Waals surface area (Å²) >= 11 is 0. The average molecular weight is 537 g/mol. The monoisotopic (exact) mass is 536 g/mol. The minimum Gasteiger partial charge on any atom is -0.506 e. The van der Waals surface area contributed by atoms with E-state index in [1.807, 2.05) is 0 Å². The molecule has 2 amide bonds. The van der Waals surface area contributed by atoms with Gasteiger partial charge in [-0.3, -0.25) is 19.2 Å². The molecule has 37 heavy (non-hydrogen) atoms. The standard InChI is InChI=1S/C29H48N2O5S/c1-3-4-5-6-7-8-9-10-11-12-13-14-15-16-17-18-19-24-22-28(33)31(29(24)34)25-20-21-26(27(32)23-25)30-37(2,35)36/h20-21,23-24,30,32H,3-19,22H2,1-2H3/t24-/m0/s1. The van der Waals surface area contributed by atoms with Crippen LogP contribution in [0.4, 0.5) is 11.4 Å². The molecule has 1 saturated heterocycles. The summed E-state index contributed by atoms with van der Waals surface area (Å²) < 4.78 is 25.0. The van der Waals surface area contributed by atoms with Gasteiger partial charge >= 0.3 is 0 Å². The Hall–Kier alpha value is -2.09. The summed E-state index contributed by atoms with van der Waals surface area (Å²) in [6.45, 7) is 2.26. The lowest BCUT2D eigenvalue weighted by atomic mass is 9.98. The minimum absolute atomic E-state index is 0.00932. The molecule has 8 heteroatoms. The number of imide groups is 1. The lowest BCUT2D eigenvalue weighted by Gasteiger charge is -2.16. The number of nitrogens with one attached hydrogen (secondary N) is 1. The van der Waals surface area contributed by atoms with E-state index < -0.39 is 10.0 Å². The Labute approximate surface area is 224 Å². The maximum atomic E-state index is 12.8. The first-order valence-electron chi connectivity index (χ1n) is 14.4. The summed E-state index contributed by atoms with van der Waals surface area (Å²) in [5, 5.41) is 10.1. The molecule has 0 saturated carbocycles. The van der Waals surface area contributed by atoms with Gasteiger partial charge in [0.2, 0.25) is 21.8 Å². The molecule has 0 unspecified atom stereocenters. The topological polar surface area (TPSA) is 104 Å². The Balaban J connectivity index is 1.56. The molecule has 2 rings (SSSR count). The number of aromatic hydroxyl groups is 1. The third-order valence-corrected chi connectivity index (χ3v) is 7.77. The molecule has 1 aliphatic heterocycles. The van der Waals surface area contributed by atoms with Crippen LogP contribution in [0.3, 0.4) is 0 Å². The van der Waals surface area contributed by atoms with E-state index in [-0.39, 0.29) is 41.3 Å². The van der Waals surface area contributed by atoms with E-state index >= 15 is 0 Å². The zero-order valence-electron chi connectivity index (χ0n) is 23.0. The third-order valence-electron chi connectivity index (χ3n) is 7.18. The fourth-order valence-corrected chi connectivity index (χ4v) is 5.65. The van der Waals surface area contributed by atoms with Crippen molar-refractivity contribution in [1.82, 2.24) is 0 Å². The minimum atomic E-state index is -3.55. The van der Waals surface area contributed by atoms with Gasteiger partial charge in [0.25, 0.3) is 0 Å². The van der Waals surface area contributed by atoms with Crippen molar-refractivity contribution >= 4 is 33.2 Å². The molecule has 7 nitrogen and oxygen atoms in total. The second-order valence-corrected chi connectivity index (χ2v) is 12.4. The SMILES string of the molecule is CCCCCCCCCCCCCCCCCC[C@H]1CC(=O)N(c2ccc(NS(C)(=O)=O)c(O)c2)C1=O. The number of hydrogen-bond donors (Lipinski definition) is 2. The van der Waals surface area contributed by atoms with Crippen LogP contribution < -0.4 is 9.62 Å². The summed E-state index contributed by atoms with van der Waals surface area (Å²) in [7, 11) is -3.55. The van der Waals surface area contributed by atoms with Crippen LogP contribution in [0.5, 0.6) is 5.75 Å². The van der Waals surface area contributed by atoms with Crippen molar-refractivity contribution < 1.29 is 23.1 Å². The normalized spacial score (nSPS) is 16.1. The number of anilines is 2. The van der Waals surface area contributed by atoms with E-state index in [1.54, 1.807) is 0 Å². The largest absolute Gasteiger partial charge is 0.506 e. The van der Waals surface area contributed by atoms with E-state index in [9.17, 15) is 23.1 Å². The summed E-state index contributed by atoms with van der Waals surface area (Å²) in [5.41, 5.74) is 0.274. The number of phenols is 1. The Kier molecular flexibility index (Phi) is 14.0. The number of carbonyl (C=O) groups is 2. The molecule has 1 atom stereocenters. The molecule has 1 aromatic carbocycles. The van der Waals surface area contributed by atoms with Crippen LogP contribution in [-0.2, 0) is 19.6 Å². The molecule has 2 N–H and O–H groups in total. The Morgan fingerprint density at radius 2 is 1.32 bits per heavy atom. The lowest BCUT2D eigenvalue weighted by molar-refractivity contribution is -0.122. The van der Waals surface area contributed by atoms with Crippen LogP contribution in [0, 0.1) is 5.92 Å². The number of amides is 2. The van der Waals surface area contributed by atoms with Gasteiger partial charge < -0.3 is 5.11 Å². The number of carbonyl (C=O) groups excluding carboxylic acids is 2. The zero-order chi connectivity index (χ0) is 27.1. The molecule has 210 valence electrons. The summed E-state index contributed by atoms with van der Waals surface area (Å²) in [6.07, 6.45) is 22.6. The maximum absolute atomic E-state index is 12.8. The van der Waals surface area contributed by atoms with Gasteiger partial charge in [-0.25, -0.2) is 8.42 Å². The molecule has 1 aromatic rings. The van der Waals surface area contributed by atoms with Gasteiger partial charge in [-0.05, 0) is 18.6 Å². The molecule has 1 heterocycles. The predicted molar refractivity (Wildman–Crippen MR) is 151 cm³/mol. The highest BCUT2D eigenvalue weighted by Crippen LogP contribution is 2.34. The van der Waals surface area contributed by atoms with Crippen LogP contribution in [0.15, 0.2) is 18.2 Å². The Bertz CT molecular complexity index is 948. The number of hydrogen-bond acceptors (Lipinski definition) is 5. The molecular formula is C29H48N2O5S. The van der Waals surface area contributed by atoms with E-state index in [4.69, 9.17) is 0 Å². The van der Waals surface area contributed by atoms with Gasteiger partial charge in [-0.2, -0.15) is 0 Å². The van der Waals surface area contributed by atoms with E-state index in [1.165, 1.54) is 108 Å². The molecule has 1 aliphatic rings. The van der Waals surface area contributed by atoms with Gasteiger partial charge in [0.15, 0.2) is 0 Å². The highest BCUT2D eigenvalue weighted by Gasteiger charge is 2.39. The van der Waals surface area contributed by atoms with Crippen LogP contribution in [0.25, 0.3) is 0 Å². The van der Waals surface area contributed by atoms with Gasteiger partial charge in [0.1, 0.15) is 5.75 Å². The molecule has 0 spiro atoms.